The van der Waals surface area contributed by atoms with Crippen molar-refractivity contribution in [3.05, 3.63) is 42.2 Å². The molecule has 1 heterocycles. The zero-order chi connectivity index (χ0) is 13.1. The summed E-state index contributed by atoms with van der Waals surface area (Å²) in [5.74, 6) is 1.64. The van der Waals surface area contributed by atoms with Crippen LogP contribution < -0.4 is 5.32 Å². The van der Waals surface area contributed by atoms with Crippen LogP contribution in [0.4, 0.5) is 5.82 Å². The van der Waals surface area contributed by atoms with E-state index >= 15 is 0 Å². The molecule has 19 heavy (non-hydrogen) atoms. The zero-order valence-corrected chi connectivity index (χ0v) is 11.3. The molecule has 1 aliphatic carbocycles. The fraction of sp³-hybridized carbons (Fsp3) is 0.375. The second-order valence-electron chi connectivity index (χ2n) is 5.03. The normalized spacial score (nSPS) is 15.0. The van der Waals surface area contributed by atoms with Crippen molar-refractivity contribution in [2.75, 3.05) is 11.9 Å². The summed E-state index contributed by atoms with van der Waals surface area (Å²) in [6.07, 6.45) is 7.53. The maximum atomic E-state index is 4.45. The van der Waals surface area contributed by atoms with E-state index in [-0.39, 0.29) is 0 Å². The standard InChI is InChI=1S/C16H19N3/c1-2-17-16-15(18-10-11-19-16)14-8-6-13(7-9-14)12-4-3-5-12/h6-12H,2-5H2,1H3,(H,17,19). The van der Waals surface area contributed by atoms with Gasteiger partial charge in [0.05, 0.1) is 0 Å². The Kier molecular flexibility index (Phi) is 3.45. The van der Waals surface area contributed by atoms with Crippen molar-refractivity contribution in [1.82, 2.24) is 9.97 Å². The third-order valence-corrected chi connectivity index (χ3v) is 3.80. The summed E-state index contributed by atoms with van der Waals surface area (Å²) >= 11 is 0. The van der Waals surface area contributed by atoms with Gasteiger partial charge in [-0.25, -0.2) is 4.98 Å². The van der Waals surface area contributed by atoms with Crippen LogP contribution in [-0.2, 0) is 0 Å². The topological polar surface area (TPSA) is 37.8 Å². The molecule has 0 saturated heterocycles. The van der Waals surface area contributed by atoms with Gasteiger partial charge in [0.2, 0.25) is 0 Å². The molecule has 0 aliphatic heterocycles. The average molecular weight is 253 g/mol. The van der Waals surface area contributed by atoms with E-state index in [1.807, 2.05) is 0 Å². The smallest absolute Gasteiger partial charge is 0.152 e. The fourth-order valence-corrected chi connectivity index (χ4v) is 2.50. The lowest BCUT2D eigenvalue weighted by Crippen LogP contribution is -2.08. The number of aromatic nitrogens is 2. The fourth-order valence-electron chi connectivity index (χ4n) is 2.50. The summed E-state index contributed by atoms with van der Waals surface area (Å²) in [5.41, 5.74) is 3.53. The van der Waals surface area contributed by atoms with Gasteiger partial charge in [-0.05, 0) is 31.2 Å². The molecule has 0 radical (unpaired) electrons. The van der Waals surface area contributed by atoms with Crippen LogP contribution in [0.15, 0.2) is 36.7 Å². The number of benzene rings is 1. The van der Waals surface area contributed by atoms with E-state index in [4.69, 9.17) is 0 Å². The Morgan fingerprint density at radius 2 is 1.84 bits per heavy atom. The molecular formula is C16H19N3. The van der Waals surface area contributed by atoms with E-state index in [9.17, 15) is 0 Å². The summed E-state index contributed by atoms with van der Waals surface area (Å²) in [4.78, 5) is 8.81. The third kappa shape index (κ3) is 2.46. The van der Waals surface area contributed by atoms with Crippen molar-refractivity contribution < 1.29 is 0 Å². The van der Waals surface area contributed by atoms with Crippen LogP contribution in [0, 0.1) is 0 Å². The largest absolute Gasteiger partial charge is 0.369 e. The number of hydrogen-bond donors (Lipinski definition) is 1. The van der Waals surface area contributed by atoms with Crippen LogP contribution in [0.25, 0.3) is 11.3 Å². The predicted molar refractivity (Wildman–Crippen MR) is 78.2 cm³/mol. The van der Waals surface area contributed by atoms with Crippen LogP contribution >= 0.6 is 0 Å². The highest BCUT2D eigenvalue weighted by atomic mass is 15.0. The monoisotopic (exact) mass is 253 g/mol. The molecule has 1 N–H and O–H groups in total. The number of rotatable bonds is 4. The summed E-state index contributed by atoms with van der Waals surface area (Å²) in [6, 6.07) is 8.81. The van der Waals surface area contributed by atoms with Gasteiger partial charge in [-0.15, -0.1) is 0 Å². The molecule has 3 heteroatoms. The molecule has 1 aromatic carbocycles. The van der Waals surface area contributed by atoms with Crippen molar-refractivity contribution in [3.63, 3.8) is 0 Å². The first-order valence-electron chi connectivity index (χ1n) is 7.03. The second kappa shape index (κ2) is 5.39. The Morgan fingerprint density at radius 3 is 2.47 bits per heavy atom. The molecule has 2 aromatic rings. The summed E-state index contributed by atoms with van der Waals surface area (Å²) in [5, 5.41) is 3.26. The number of nitrogens with one attached hydrogen (secondary N) is 1. The quantitative estimate of drug-likeness (QED) is 0.899. The highest BCUT2D eigenvalue weighted by Crippen LogP contribution is 2.37. The van der Waals surface area contributed by atoms with Crippen LogP contribution in [-0.4, -0.2) is 16.5 Å². The predicted octanol–water partition coefficient (Wildman–Crippen LogP) is 3.84. The van der Waals surface area contributed by atoms with Gasteiger partial charge < -0.3 is 5.32 Å². The van der Waals surface area contributed by atoms with E-state index < -0.39 is 0 Å². The van der Waals surface area contributed by atoms with Crippen molar-refractivity contribution in [2.24, 2.45) is 0 Å². The molecule has 0 atom stereocenters. The Labute approximate surface area is 114 Å². The molecule has 0 unspecified atom stereocenters. The van der Waals surface area contributed by atoms with Gasteiger partial charge in [-0.2, -0.15) is 0 Å². The average Bonchev–Trinajstić information content (AvgIpc) is 2.39. The maximum Gasteiger partial charge on any atom is 0.152 e. The first-order valence-corrected chi connectivity index (χ1v) is 7.03. The number of anilines is 1. The third-order valence-electron chi connectivity index (χ3n) is 3.80. The minimum atomic E-state index is 0.782. The van der Waals surface area contributed by atoms with Crippen molar-refractivity contribution in [1.29, 1.82) is 0 Å². The Morgan fingerprint density at radius 1 is 1.11 bits per heavy atom. The first kappa shape index (κ1) is 12.2. The molecule has 1 aliphatic rings. The lowest BCUT2D eigenvalue weighted by molar-refractivity contribution is 0.420. The van der Waals surface area contributed by atoms with Gasteiger partial charge in [-0.3, -0.25) is 4.98 Å². The minimum absolute atomic E-state index is 0.782. The number of nitrogens with zero attached hydrogens (tertiary/aromatic N) is 2. The summed E-state index contributed by atoms with van der Waals surface area (Å²) < 4.78 is 0. The van der Waals surface area contributed by atoms with Crippen LogP contribution in [0.2, 0.25) is 0 Å². The van der Waals surface area contributed by atoms with Gasteiger partial charge in [0, 0.05) is 24.5 Å². The molecule has 3 rings (SSSR count). The van der Waals surface area contributed by atoms with Gasteiger partial charge in [0.25, 0.3) is 0 Å². The van der Waals surface area contributed by atoms with Gasteiger partial charge >= 0.3 is 0 Å². The van der Waals surface area contributed by atoms with E-state index in [0.29, 0.717) is 0 Å². The summed E-state index contributed by atoms with van der Waals surface area (Å²) in [7, 11) is 0. The maximum absolute atomic E-state index is 4.45. The Hall–Kier alpha value is -1.90. The molecule has 0 amide bonds. The van der Waals surface area contributed by atoms with Gasteiger partial charge in [0.15, 0.2) is 5.82 Å². The summed E-state index contributed by atoms with van der Waals surface area (Å²) in [6.45, 7) is 2.92. The SMILES string of the molecule is CCNc1nccnc1-c1ccc(C2CCC2)cc1. The molecule has 98 valence electrons. The van der Waals surface area contributed by atoms with Crippen LogP contribution in [0.1, 0.15) is 37.7 Å². The lowest BCUT2D eigenvalue weighted by Gasteiger charge is -2.25. The number of hydrogen-bond acceptors (Lipinski definition) is 3. The Bertz CT molecular complexity index is 544. The van der Waals surface area contributed by atoms with E-state index in [0.717, 1.165) is 29.5 Å². The second-order valence-corrected chi connectivity index (χ2v) is 5.03. The highest BCUT2D eigenvalue weighted by Gasteiger charge is 2.19. The zero-order valence-electron chi connectivity index (χ0n) is 11.3. The Balaban J connectivity index is 1.89. The van der Waals surface area contributed by atoms with Crippen molar-refractivity contribution in [3.8, 4) is 11.3 Å². The molecular weight excluding hydrogens is 234 g/mol. The van der Waals surface area contributed by atoms with Gasteiger partial charge in [0.1, 0.15) is 5.69 Å². The van der Waals surface area contributed by atoms with E-state index in [2.05, 4.69) is 46.5 Å². The van der Waals surface area contributed by atoms with Gasteiger partial charge in [-0.1, -0.05) is 30.7 Å². The molecule has 1 aromatic heterocycles. The molecule has 0 bridgehead atoms. The van der Waals surface area contributed by atoms with E-state index in [1.54, 1.807) is 12.4 Å². The van der Waals surface area contributed by atoms with Crippen LogP contribution in [0.5, 0.6) is 0 Å². The van der Waals surface area contributed by atoms with Crippen LogP contribution in [0.3, 0.4) is 0 Å². The minimum Gasteiger partial charge on any atom is -0.369 e. The molecule has 1 saturated carbocycles. The van der Waals surface area contributed by atoms with Crippen molar-refractivity contribution in [2.45, 2.75) is 32.1 Å². The molecule has 1 fully saturated rings. The first-order chi connectivity index (χ1) is 9.38. The molecule has 0 spiro atoms. The van der Waals surface area contributed by atoms with Crippen molar-refractivity contribution >= 4 is 5.82 Å². The lowest BCUT2D eigenvalue weighted by atomic mass is 9.80. The molecule has 3 nitrogen and oxygen atoms in total. The highest BCUT2D eigenvalue weighted by molar-refractivity contribution is 5.71. The van der Waals surface area contributed by atoms with E-state index in [1.165, 1.54) is 24.8 Å².